The van der Waals surface area contributed by atoms with Crippen molar-refractivity contribution in [1.29, 1.82) is 0 Å². The number of methoxy groups -OCH3 is 1. The van der Waals surface area contributed by atoms with E-state index >= 15 is 0 Å². The lowest BCUT2D eigenvalue weighted by atomic mass is 10.1. The largest absolute Gasteiger partial charge is 0.383 e. The molecule has 12 heteroatoms. The molecule has 0 saturated carbocycles. The number of thioether (sulfide) groups is 1. The summed E-state index contributed by atoms with van der Waals surface area (Å²) in [5.74, 6) is -0.195. The Morgan fingerprint density at radius 2 is 1.89 bits per heavy atom. The van der Waals surface area contributed by atoms with Crippen LogP contribution in [0.1, 0.15) is 5.56 Å². The van der Waals surface area contributed by atoms with E-state index in [0.29, 0.717) is 65.5 Å². The topological polar surface area (TPSA) is 94.0 Å². The molecule has 3 aromatic rings. The molecule has 0 atom stereocenters. The lowest BCUT2D eigenvalue weighted by Gasteiger charge is -2.26. The quantitative estimate of drug-likeness (QED) is 0.301. The van der Waals surface area contributed by atoms with Gasteiger partial charge in [0.1, 0.15) is 10.0 Å². The third-order valence-corrected chi connectivity index (χ3v) is 9.43. The Kier molecular flexibility index (Phi) is 8.07. The van der Waals surface area contributed by atoms with Gasteiger partial charge < -0.3 is 9.47 Å². The minimum absolute atomic E-state index is 0.183. The van der Waals surface area contributed by atoms with Crippen molar-refractivity contribution in [2.45, 2.75) is 4.90 Å². The molecule has 38 heavy (non-hydrogen) atoms. The third kappa shape index (κ3) is 5.46. The molecule has 0 spiro atoms. The van der Waals surface area contributed by atoms with Crippen LogP contribution >= 0.6 is 24.0 Å². The van der Waals surface area contributed by atoms with Gasteiger partial charge in [-0.1, -0.05) is 54.3 Å². The molecule has 3 heterocycles. The molecule has 2 aromatic carbocycles. The Bertz CT molecular complexity index is 1480. The van der Waals surface area contributed by atoms with E-state index in [1.165, 1.54) is 21.0 Å². The van der Waals surface area contributed by atoms with E-state index in [0.717, 1.165) is 5.69 Å². The van der Waals surface area contributed by atoms with E-state index in [9.17, 15) is 13.2 Å². The number of hydrogen-bond donors (Lipinski definition) is 0. The predicted molar refractivity (Wildman–Crippen MR) is 150 cm³/mol. The fourth-order valence-corrected chi connectivity index (χ4v) is 6.94. The van der Waals surface area contributed by atoms with E-state index in [2.05, 4.69) is 0 Å². The van der Waals surface area contributed by atoms with E-state index in [-0.39, 0.29) is 10.8 Å². The van der Waals surface area contributed by atoms with Crippen molar-refractivity contribution >= 4 is 50.3 Å². The Labute approximate surface area is 231 Å². The van der Waals surface area contributed by atoms with Crippen molar-refractivity contribution in [3.63, 3.8) is 0 Å². The van der Waals surface area contributed by atoms with Crippen LogP contribution in [0.5, 0.6) is 0 Å². The second kappa shape index (κ2) is 11.5. The average Bonchev–Trinajstić information content (AvgIpc) is 3.48. The van der Waals surface area contributed by atoms with Crippen molar-refractivity contribution in [3.8, 4) is 16.9 Å². The summed E-state index contributed by atoms with van der Waals surface area (Å²) < 4.78 is 40.7. The standard InChI is InChI=1S/C26H26N4O5S3/c1-34-13-12-29-25(31)23(37-26(29)36)17-20-18-30(21-7-3-2-4-8-21)27-24(20)19-6-5-9-22(16-19)38(32,33)28-10-14-35-15-11-28/h2-9,16-18H,10-15H2,1H3/b23-17-. The first-order chi connectivity index (χ1) is 18.4. The van der Waals surface area contributed by atoms with Gasteiger partial charge in [-0.25, -0.2) is 13.1 Å². The highest BCUT2D eigenvalue weighted by Gasteiger charge is 2.32. The summed E-state index contributed by atoms with van der Waals surface area (Å²) in [5.41, 5.74) is 2.67. The molecule has 0 unspecified atom stereocenters. The summed E-state index contributed by atoms with van der Waals surface area (Å²) in [4.78, 5) is 15.3. The molecule has 2 aliphatic rings. The van der Waals surface area contributed by atoms with E-state index < -0.39 is 10.0 Å². The zero-order chi connectivity index (χ0) is 26.7. The number of benzene rings is 2. The molecular formula is C26H26N4O5S3. The minimum Gasteiger partial charge on any atom is -0.383 e. The van der Waals surface area contributed by atoms with Crippen LogP contribution in [0.15, 0.2) is 70.6 Å². The molecule has 2 saturated heterocycles. The van der Waals surface area contributed by atoms with Gasteiger partial charge >= 0.3 is 0 Å². The molecule has 2 fully saturated rings. The number of nitrogens with zero attached hydrogens (tertiary/aromatic N) is 4. The summed E-state index contributed by atoms with van der Waals surface area (Å²) in [6.07, 6.45) is 3.59. The zero-order valence-corrected chi connectivity index (χ0v) is 23.1. The number of aromatic nitrogens is 2. The SMILES string of the molecule is COCCN1C(=O)/C(=C/c2cn(-c3ccccc3)nc2-c2cccc(S(=O)(=O)N3CCOCC3)c2)SC1=S. The van der Waals surface area contributed by atoms with Crippen LogP contribution in [0, 0.1) is 0 Å². The maximum absolute atomic E-state index is 13.3. The third-order valence-electron chi connectivity index (χ3n) is 6.16. The van der Waals surface area contributed by atoms with Gasteiger partial charge in [-0.15, -0.1) is 0 Å². The number of ether oxygens (including phenoxy) is 2. The summed E-state index contributed by atoms with van der Waals surface area (Å²) in [6.45, 7) is 2.11. The number of para-hydroxylation sites is 1. The van der Waals surface area contributed by atoms with Crippen LogP contribution in [-0.4, -0.2) is 84.2 Å². The normalized spacial score (nSPS) is 18.0. The van der Waals surface area contributed by atoms with Gasteiger partial charge in [0.2, 0.25) is 10.0 Å². The lowest BCUT2D eigenvalue weighted by molar-refractivity contribution is -0.122. The highest BCUT2D eigenvalue weighted by molar-refractivity contribution is 8.26. The number of carbonyl (C=O) groups is 1. The van der Waals surface area contributed by atoms with Crippen LogP contribution < -0.4 is 0 Å². The van der Waals surface area contributed by atoms with Crippen LogP contribution in [-0.2, 0) is 24.3 Å². The number of amides is 1. The Morgan fingerprint density at radius 3 is 2.63 bits per heavy atom. The average molecular weight is 571 g/mol. The van der Waals surface area contributed by atoms with Gasteiger partial charge in [0.05, 0.1) is 41.9 Å². The van der Waals surface area contributed by atoms with Crippen LogP contribution in [0.2, 0.25) is 0 Å². The molecule has 198 valence electrons. The van der Waals surface area contributed by atoms with Crippen molar-refractivity contribution in [1.82, 2.24) is 19.0 Å². The molecular weight excluding hydrogens is 545 g/mol. The first-order valence-corrected chi connectivity index (χ1v) is 14.6. The highest BCUT2D eigenvalue weighted by atomic mass is 32.2. The number of hydrogen-bond acceptors (Lipinski definition) is 8. The van der Waals surface area contributed by atoms with Crippen molar-refractivity contribution in [2.75, 3.05) is 46.6 Å². The summed E-state index contributed by atoms with van der Waals surface area (Å²) in [6, 6.07) is 16.3. The number of rotatable bonds is 8. The maximum atomic E-state index is 13.3. The van der Waals surface area contributed by atoms with E-state index in [1.807, 2.05) is 42.6 Å². The fraction of sp³-hybridized carbons (Fsp3) is 0.269. The smallest absolute Gasteiger partial charge is 0.266 e. The molecule has 0 radical (unpaired) electrons. The molecule has 0 aliphatic carbocycles. The molecule has 0 bridgehead atoms. The van der Waals surface area contributed by atoms with Crippen LogP contribution in [0.25, 0.3) is 23.0 Å². The molecule has 2 aliphatic heterocycles. The molecule has 0 N–H and O–H groups in total. The number of thiocarbonyl (C=S) groups is 1. The second-order valence-electron chi connectivity index (χ2n) is 8.58. The Hall–Kier alpha value is -2.87. The van der Waals surface area contributed by atoms with Gasteiger partial charge in [-0.3, -0.25) is 9.69 Å². The van der Waals surface area contributed by atoms with Crippen LogP contribution in [0.3, 0.4) is 0 Å². The van der Waals surface area contributed by atoms with E-state index in [1.54, 1.807) is 36.1 Å². The molecule has 1 aromatic heterocycles. The number of carbonyl (C=O) groups excluding carboxylic acids is 1. The van der Waals surface area contributed by atoms with Crippen molar-refractivity contribution in [2.24, 2.45) is 0 Å². The zero-order valence-electron chi connectivity index (χ0n) is 20.6. The predicted octanol–water partition coefficient (Wildman–Crippen LogP) is 3.41. The monoisotopic (exact) mass is 570 g/mol. The first kappa shape index (κ1) is 26.7. The molecule has 5 rings (SSSR count). The fourth-order valence-electron chi connectivity index (χ4n) is 4.19. The van der Waals surface area contributed by atoms with Crippen molar-refractivity contribution in [3.05, 3.63) is 71.3 Å². The van der Waals surface area contributed by atoms with Crippen LogP contribution in [0.4, 0.5) is 0 Å². The lowest BCUT2D eigenvalue weighted by Crippen LogP contribution is -2.40. The highest BCUT2D eigenvalue weighted by Crippen LogP contribution is 2.35. The Morgan fingerprint density at radius 1 is 1.13 bits per heavy atom. The first-order valence-electron chi connectivity index (χ1n) is 12.0. The van der Waals surface area contributed by atoms with Crippen molar-refractivity contribution < 1.29 is 22.7 Å². The van der Waals surface area contributed by atoms with E-state index in [4.69, 9.17) is 26.8 Å². The summed E-state index contributed by atoms with van der Waals surface area (Å²) in [7, 11) is -2.12. The summed E-state index contributed by atoms with van der Waals surface area (Å²) in [5, 5.41) is 4.80. The van der Waals surface area contributed by atoms with Gasteiger partial charge in [-0.2, -0.15) is 9.40 Å². The van der Waals surface area contributed by atoms with Gasteiger partial charge in [0.25, 0.3) is 5.91 Å². The number of morpholine rings is 1. The van der Waals surface area contributed by atoms with Gasteiger partial charge in [0.15, 0.2) is 0 Å². The maximum Gasteiger partial charge on any atom is 0.266 e. The van der Waals surface area contributed by atoms with Gasteiger partial charge in [-0.05, 0) is 30.3 Å². The van der Waals surface area contributed by atoms with Gasteiger partial charge in [0, 0.05) is 37.5 Å². The minimum atomic E-state index is -3.70. The Balaban J connectivity index is 1.56. The summed E-state index contributed by atoms with van der Waals surface area (Å²) >= 11 is 6.65. The molecule has 9 nitrogen and oxygen atoms in total. The second-order valence-corrected chi connectivity index (χ2v) is 12.2. The molecule has 1 amide bonds. The number of sulfonamides is 1.